The summed E-state index contributed by atoms with van der Waals surface area (Å²) in [5.41, 5.74) is 9.73. The SMILES string of the molecule is CC(=O)OC(C)c1ccc(-c2ccccc2N)cc1. The number of anilines is 1. The molecule has 0 bridgehead atoms. The molecule has 2 aromatic rings. The highest BCUT2D eigenvalue weighted by Gasteiger charge is 2.09. The van der Waals surface area contributed by atoms with E-state index >= 15 is 0 Å². The van der Waals surface area contributed by atoms with Gasteiger partial charge in [-0.2, -0.15) is 0 Å². The van der Waals surface area contributed by atoms with E-state index in [0.29, 0.717) is 0 Å². The Kier molecular flexibility index (Phi) is 3.85. The molecule has 0 amide bonds. The molecule has 19 heavy (non-hydrogen) atoms. The number of benzene rings is 2. The molecule has 0 spiro atoms. The first-order valence-corrected chi connectivity index (χ1v) is 6.20. The average Bonchev–Trinajstić information content (AvgIpc) is 2.39. The maximum Gasteiger partial charge on any atom is 0.303 e. The van der Waals surface area contributed by atoms with E-state index in [1.54, 1.807) is 0 Å². The van der Waals surface area contributed by atoms with E-state index in [-0.39, 0.29) is 12.1 Å². The summed E-state index contributed by atoms with van der Waals surface area (Å²) >= 11 is 0. The second kappa shape index (κ2) is 5.57. The molecule has 2 N–H and O–H groups in total. The van der Waals surface area contributed by atoms with E-state index in [1.165, 1.54) is 6.92 Å². The van der Waals surface area contributed by atoms with Crippen LogP contribution in [0.2, 0.25) is 0 Å². The predicted molar refractivity (Wildman–Crippen MR) is 76.5 cm³/mol. The normalized spacial score (nSPS) is 11.9. The van der Waals surface area contributed by atoms with Crippen LogP contribution in [-0.2, 0) is 9.53 Å². The third-order valence-electron chi connectivity index (χ3n) is 2.99. The van der Waals surface area contributed by atoms with Crippen LogP contribution in [-0.4, -0.2) is 5.97 Å². The smallest absolute Gasteiger partial charge is 0.303 e. The Morgan fingerprint density at radius 2 is 1.74 bits per heavy atom. The number of carbonyl (C=O) groups excluding carboxylic acids is 1. The molecular formula is C16H17NO2. The van der Waals surface area contributed by atoms with Gasteiger partial charge in [0.05, 0.1) is 0 Å². The summed E-state index contributed by atoms with van der Waals surface area (Å²) in [7, 11) is 0. The third kappa shape index (κ3) is 3.13. The summed E-state index contributed by atoms with van der Waals surface area (Å²) in [5.74, 6) is -0.274. The molecule has 98 valence electrons. The van der Waals surface area contributed by atoms with Crippen molar-refractivity contribution in [3.05, 3.63) is 54.1 Å². The molecule has 2 aromatic carbocycles. The molecule has 0 aromatic heterocycles. The monoisotopic (exact) mass is 255 g/mol. The number of nitrogen functional groups attached to an aromatic ring is 1. The van der Waals surface area contributed by atoms with Crippen molar-refractivity contribution in [3.8, 4) is 11.1 Å². The van der Waals surface area contributed by atoms with Crippen molar-refractivity contribution in [2.45, 2.75) is 20.0 Å². The minimum absolute atomic E-state index is 0.236. The number of ether oxygens (including phenoxy) is 1. The van der Waals surface area contributed by atoms with Gasteiger partial charge in [-0.3, -0.25) is 4.79 Å². The Labute approximate surface area is 113 Å². The third-order valence-corrected chi connectivity index (χ3v) is 2.99. The van der Waals surface area contributed by atoms with Crippen molar-refractivity contribution >= 4 is 11.7 Å². The van der Waals surface area contributed by atoms with Crippen molar-refractivity contribution in [3.63, 3.8) is 0 Å². The Hall–Kier alpha value is -2.29. The molecule has 3 heteroatoms. The van der Waals surface area contributed by atoms with Crippen molar-refractivity contribution in [1.82, 2.24) is 0 Å². The zero-order valence-corrected chi connectivity index (χ0v) is 11.1. The molecular weight excluding hydrogens is 238 g/mol. The highest BCUT2D eigenvalue weighted by Crippen LogP contribution is 2.27. The lowest BCUT2D eigenvalue weighted by Crippen LogP contribution is -2.04. The summed E-state index contributed by atoms with van der Waals surface area (Å²) in [5, 5.41) is 0. The minimum Gasteiger partial charge on any atom is -0.458 e. The van der Waals surface area contributed by atoms with Crippen LogP contribution >= 0.6 is 0 Å². The Morgan fingerprint density at radius 3 is 2.32 bits per heavy atom. The van der Waals surface area contributed by atoms with Gasteiger partial charge < -0.3 is 10.5 Å². The highest BCUT2D eigenvalue weighted by molar-refractivity contribution is 5.76. The van der Waals surface area contributed by atoms with Crippen LogP contribution in [0.3, 0.4) is 0 Å². The number of nitrogens with two attached hydrogens (primary N) is 1. The lowest BCUT2D eigenvalue weighted by Gasteiger charge is -2.13. The van der Waals surface area contributed by atoms with Gasteiger partial charge in [-0.15, -0.1) is 0 Å². The molecule has 0 radical (unpaired) electrons. The van der Waals surface area contributed by atoms with Gasteiger partial charge >= 0.3 is 5.97 Å². The molecule has 0 aliphatic carbocycles. The zero-order chi connectivity index (χ0) is 13.8. The van der Waals surface area contributed by atoms with Crippen molar-refractivity contribution < 1.29 is 9.53 Å². The van der Waals surface area contributed by atoms with E-state index in [0.717, 1.165) is 22.4 Å². The Balaban J connectivity index is 2.24. The first-order chi connectivity index (χ1) is 9.08. The Morgan fingerprint density at radius 1 is 1.11 bits per heavy atom. The van der Waals surface area contributed by atoms with Crippen molar-refractivity contribution in [1.29, 1.82) is 0 Å². The van der Waals surface area contributed by atoms with Crippen LogP contribution in [0.4, 0.5) is 5.69 Å². The van der Waals surface area contributed by atoms with Gasteiger partial charge in [0.2, 0.25) is 0 Å². The lowest BCUT2D eigenvalue weighted by molar-refractivity contribution is -0.145. The Bertz CT molecular complexity index is 576. The molecule has 1 unspecified atom stereocenters. The zero-order valence-electron chi connectivity index (χ0n) is 11.1. The molecule has 3 nitrogen and oxygen atoms in total. The molecule has 1 atom stereocenters. The van der Waals surface area contributed by atoms with Gasteiger partial charge in [0.25, 0.3) is 0 Å². The van der Waals surface area contributed by atoms with Gasteiger partial charge in [-0.05, 0) is 24.1 Å². The second-order valence-electron chi connectivity index (χ2n) is 4.46. The van der Waals surface area contributed by atoms with Gasteiger partial charge in [0.1, 0.15) is 6.10 Å². The molecule has 0 saturated heterocycles. The maximum atomic E-state index is 10.9. The molecule has 0 saturated carbocycles. The standard InChI is InChI=1S/C16H17NO2/c1-11(19-12(2)18)13-7-9-14(10-8-13)15-5-3-4-6-16(15)17/h3-11H,17H2,1-2H3. The van der Waals surface area contributed by atoms with Crippen molar-refractivity contribution in [2.24, 2.45) is 0 Å². The largest absolute Gasteiger partial charge is 0.458 e. The molecule has 0 aliphatic heterocycles. The summed E-state index contributed by atoms with van der Waals surface area (Å²) in [4.78, 5) is 10.9. The number of hydrogen-bond acceptors (Lipinski definition) is 3. The van der Waals surface area contributed by atoms with Crippen LogP contribution < -0.4 is 5.73 Å². The summed E-state index contributed by atoms with van der Waals surface area (Å²) < 4.78 is 5.14. The number of carbonyl (C=O) groups is 1. The van der Waals surface area contributed by atoms with Crippen LogP contribution in [0.5, 0.6) is 0 Å². The highest BCUT2D eigenvalue weighted by atomic mass is 16.5. The second-order valence-corrected chi connectivity index (χ2v) is 4.46. The minimum atomic E-state index is -0.274. The van der Waals surface area contributed by atoms with Gasteiger partial charge in [-0.25, -0.2) is 0 Å². The van der Waals surface area contributed by atoms with Crippen LogP contribution in [0.25, 0.3) is 11.1 Å². The quantitative estimate of drug-likeness (QED) is 0.674. The fourth-order valence-electron chi connectivity index (χ4n) is 2.01. The fraction of sp³-hybridized carbons (Fsp3) is 0.188. The average molecular weight is 255 g/mol. The van der Waals surface area contributed by atoms with Gasteiger partial charge in [0, 0.05) is 18.2 Å². The van der Waals surface area contributed by atoms with Gasteiger partial charge in [-0.1, -0.05) is 42.5 Å². The maximum absolute atomic E-state index is 10.9. The van der Waals surface area contributed by atoms with Crippen LogP contribution in [0.15, 0.2) is 48.5 Å². The molecule has 0 fully saturated rings. The molecule has 0 heterocycles. The number of esters is 1. The summed E-state index contributed by atoms with van der Waals surface area (Å²) in [6.07, 6.45) is -0.236. The van der Waals surface area contributed by atoms with E-state index in [1.807, 2.05) is 55.5 Å². The summed E-state index contributed by atoms with van der Waals surface area (Å²) in [6.45, 7) is 3.27. The fourth-order valence-corrected chi connectivity index (χ4v) is 2.01. The van der Waals surface area contributed by atoms with Crippen molar-refractivity contribution in [2.75, 3.05) is 5.73 Å². The first-order valence-electron chi connectivity index (χ1n) is 6.20. The first kappa shape index (κ1) is 13.1. The molecule has 0 aliphatic rings. The van der Waals surface area contributed by atoms with E-state index < -0.39 is 0 Å². The van der Waals surface area contributed by atoms with Crippen LogP contribution in [0, 0.1) is 0 Å². The van der Waals surface area contributed by atoms with E-state index in [2.05, 4.69) is 0 Å². The van der Waals surface area contributed by atoms with Crippen LogP contribution in [0.1, 0.15) is 25.5 Å². The van der Waals surface area contributed by atoms with Gasteiger partial charge in [0.15, 0.2) is 0 Å². The predicted octanol–water partition coefficient (Wildman–Crippen LogP) is 3.56. The number of para-hydroxylation sites is 1. The number of hydrogen-bond donors (Lipinski definition) is 1. The number of rotatable bonds is 3. The topological polar surface area (TPSA) is 52.3 Å². The lowest BCUT2D eigenvalue weighted by atomic mass is 10.0. The molecule has 2 rings (SSSR count). The summed E-state index contributed by atoms with van der Waals surface area (Å²) in [6, 6.07) is 15.6. The van der Waals surface area contributed by atoms with E-state index in [9.17, 15) is 4.79 Å². The van der Waals surface area contributed by atoms with E-state index in [4.69, 9.17) is 10.5 Å².